The lowest BCUT2D eigenvalue weighted by molar-refractivity contribution is 0.259. The van der Waals surface area contributed by atoms with Crippen molar-refractivity contribution in [3.8, 4) is 34.3 Å². The van der Waals surface area contributed by atoms with E-state index in [0.29, 0.717) is 0 Å². The number of halogens is 2. The highest BCUT2D eigenvalue weighted by atomic mass is 19.2. The standard InChI is InChI=1S/C16H13F2N5O4/c1-27-12-5-7(10(24)6-11(12)25)14-21-22-16(20-15(19)26)23(14)9-4-2-3-8(17)13(9)18/h2-6,24-25H,1H3,(H3,19,20,22,26). The minimum absolute atomic E-state index is 0.0125. The number of ether oxygens (including phenoxy) is 1. The van der Waals surface area contributed by atoms with Gasteiger partial charge in [-0.15, -0.1) is 10.2 Å². The number of aromatic hydroxyl groups is 2. The molecule has 3 aromatic rings. The normalized spacial score (nSPS) is 10.6. The lowest BCUT2D eigenvalue weighted by Crippen LogP contribution is -2.22. The van der Waals surface area contributed by atoms with Gasteiger partial charge in [0.1, 0.15) is 5.75 Å². The Balaban J connectivity index is 2.31. The Hall–Kier alpha value is -3.89. The molecule has 0 radical (unpaired) electrons. The summed E-state index contributed by atoms with van der Waals surface area (Å²) in [5.41, 5.74) is 4.71. The number of nitrogens with one attached hydrogen (secondary N) is 1. The molecule has 0 saturated heterocycles. The number of hydrogen-bond acceptors (Lipinski definition) is 6. The molecule has 11 heteroatoms. The van der Waals surface area contributed by atoms with E-state index in [1.807, 2.05) is 0 Å². The van der Waals surface area contributed by atoms with E-state index < -0.39 is 23.4 Å². The summed E-state index contributed by atoms with van der Waals surface area (Å²) in [6.45, 7) is 0. The van der Waals surface area contributed by atoms with Gasteiger partial charge in [-0.3, -0.25) is 9.88 Å². The van der Waals surface area contributed by atoms with Gasteiger partial charge < -0.3 is 20.7 Å². The molecule has 0 saturated carbocycles. The van der Waals surface area contributed by atoms with Gasteiger partial charge in [0.15, 0.2) is 29.0 Å². The number of carbonyl (C=O) groups excluding carboxylic acids is 1. The van der Waals surface area contributed by atoms with Crippen LogP contribution in [0.25, 0.3) is 17.1 Å². The Morgan fingerprint density at radius 3 is 2.63 bits per heavy atom. The Morgan fingerprint density at radius 2 is 1.96 bits per heavy atom. The molecule has 0 aliphatic rings. The predicted octanol–water partition coefficient (Wildman–Crippen LogP) is 2.12. The van der Waals surface area contributed by atoms with Crippen molar-refractivity contribution in [2.45, 2.75) is 0 Å². The molecule has 27 heavy (non-hydrogen) atoms. The van der Waals surface area contributed by atoms with Gasteiger partial charge >= 0.3 is 6.03 Å². The molecule has 3 rings (SSSR count). The molecule has 1 heterocycles. The second kappa shape index (κ2) is 6.78. The summed E-state index contributed by atoms with van der Waals surface area (Å²) in [5.74, 6) is -3.67. The molecule has 140 valence electrons. The number of carbonyl (C=O) groups is 1. The van der Waals surface area contributed by atoms with Crippen LogP contribution in [-0.2, 0) is 0 Å². The van der Waals surface area contributed by atoms with Crippen molar-refractivity contribution in [2.24, 2.45) is 5.73 Å². The zero-order valence-electron chi connectivity index (χ0n) is 13.8. The molecule has 0 aliphatic heterocycles. The molecule has 2 amide bonds. The summed E-state index contributed by atoms with van der Waals surface area (Å²) in [7, 11) is 1.28. The summed E-state index contributed by atoms with van der Waals surface area (Å²) in [5, 5.41) is 29.6. The number of rotatable bonds is 4. The van der Waals surface area contributed by atoms with Crippen LogP contribution >= 0.6 is 0 Å². The average molecular weight is 377 g/mol. The maximum absolute atomic E-state index is 14.4. The highest BCUT2D eigenvalue weighted by Gasteiger charge is 2.23. The first-order chi connectivity index (χ1) is 12.8. The van der Waals surface area contributed by atoms with Crippen molar-refractivity contribution in [1.82, 2.24) is 14.8 Å². The Labute approximate surface area is 150 Å². The second-order valence-electron chi connectivity index (χ2n) is 5.29. The number of aromatic nitrogens is 3. The van der Waals surface area contributed by atoms with E-state index in [9.17, 15) is 23.8 Å². The van der Waals surface area contributed by atoms with Gasteiger partial charge in [0.2, 0.25) is 5.95 Å². The third-order valence-corrected chi connectivity index (χ3v) is 3.61. The van der Waals surface area contributed by atoms with Crippen LogP contribution in [0.4, 0.5) is 19.5 Å². The maximum atomic E-state index is 14.4. The number of phenolic OH excluding ortho intramolecular Hbond substituents is 2. The fourth-order valence-electron chi connectivity index (χ4n) is 2.44. The van der Waals surface area contributed by atoms with Crippen LogP contribution in [0.3, 0.4) is 0 Å². The monoisotopic (exact) mass is 377 g/mol. The summed E-state index contributed by atoms with van der Waals surface area (Å²) >= 11 is 0. The minimum atomic E-state index is -1.24. The van der Waals surface area contributed by atoms with Crippen LogP contribution in [0.5, 0.6) is 17.2 Å². The lowest BCUT2D eigenvalue weighted by atomic mass is 10.1. The molecule has 5 N–H and O–H groups in total. The summed E-state index contributed by atoms with van der Waals surface area (Å²) in [4.78, 5) is 11.2. The number of anilines is 1. The van der Waals surface area contributed by atoms with Gasteiger partial charge in [-0.05, 0) is 18.2 Å². The second-order valence-corrected chi connectivity index (χ2v) is 5.29. The van der Waals surface area contributed by atoms with Crippen molar-refractivity contribution in [2.75, 3.05) is 12.4 Å². The molecule has 9 nitrogen and oxygen atoms in total. The third kappa shape index (κ3) is 3.17. The average Bonchev–Trinajstić information content (AvgIpc) is 3.00. The lowest BCUT2D eigenvalue weighted by Gasteiger charge is -2.13. The number of phenols is 2. The number of nitrogens with zero attached hydrogens (tertiary/aromatic N) is 3. The smallest absolute Gasteiger partial charge is 0.319 e. The number of amides is 2. The summed E-state index contributed by atoms with van der Waals surface area (Å²) < 4.78 is 34.0. The molecule has 1 aromatic heterocycles. The topological polar surface area (TPSA) is 136 Å². The highest BCUT2D eigenvalue weighted by molar-refractivity contribution is 5.87. The van der Waals surface area contributed by atoms with Crippen LogP contribution in [0.1, 0.15) is 0 Å². The fourth-order valence-corrected chi connectivity index (χ4v) is 2.44. The third-order valence-electron chi connectivity index (χ3n) is 3.61. The van der Waals surface area contributed by atoms with Crippen molar-refractivity contribution < 1.29 is 28.5 Å². The molecule has 0 fully saturated rings. The van der Waals surface area contributed by atoms with Crippen LogP contribution in [-0.4, -0.2) is 38.1 Å². The van der Waals surface area contributed by atoms with E-state index in [-0.39, 0.29) is 34.5 Å². The number of methoxy groups -OCH3 is 1. The molecule has 0 unspecified atom stereocenters. The fraction of sp³-hybridized carbons (Fsp3) is 0.0625. The van der Waals surface area contributed by atoms with Crippen molar-refractivity contribution in [1.29, 1.82) is 0 Å². The highest BCUT2D eigenvalue weighted by Crippen LogP contribution is 2.39. The molecule has 0 aliphatic carbocycles. The van der Waals surface area contributed by atoms with E-state index >= 15 is 0 Å². The molecule has 0 atom stereocenters. The van der Waals surface area contributed by atoms with E-state index in [1.165, 1.54) is 25.3 Å². The zero-order chi connectivity index (χ0) is 19.7. The first-order valence-electron chi connectivity index (χ1n) is 7.40. The zero-order valence-corrected chi connectivity index (χ0v) is 13.8. The van der Waals surface area contributed by atoms with E-state index in [4.69, 9.17) is 10.5 Å². The van der Waals surface area contributed by atoms with Crippen molar-refractivity contribution in [3.05, 3.63) is 42.0 Å². The van der Waals surface area contributed by atoms with Crippen LogP contribution in [0.2, 0.25) is 0 Å². The molecule has 0 spiro atoms. The van der Waals surface area contributed by atoms with Gasteiger partial charge in [-0.1, -0.05) is 6.07 Å². The number of benzene rings is 2. The number of primary amides is 1. The molecule has 2 aromatic carbocycles. The quantitative estimate of drug-likeness (QED) is 0.550. The number of urea groups is 1. The van der Waals surface area contributed by atoms with Crippen LogP contribution in [0.15, 0.2) is 30.3 Å². The van der Waals surface area contributed by atoms with Gasteiger partial charge in [-0.25, -0.2) is 13.6 Å². The number of nitrogens with two attached hydrogens (primary N) is 1. The molecular weight excluding hydrogens is 364 g/mol. The van der Waals surface area contributed by atoms with Crippen molar-refractivity contribution in [3.63, 3.8) is 0 Å². The Kier molecular flexibility index (Phi) is 4.50. The Bertz CT molecular complexity index is 1040. The van der Waals surface area contributed by atoms with Crippen LogP contribution in [0, 0.1) is 11.6 Å². The van der Waals surface area contributed by atoms with Gasteiger partial charge in [0, 0.05) is 6.07 Å². The van der Waals surface area contributed by atoms with E-state index in [1.54, 1.807) is 0 Å². The van der Waals surface area contributed by atoms with E-state index in [2.05, 4.69) is 15.5 Å². The van der Waals surface area contributed by atoms with Crippen molar-refractivity contribution >= 4 is 12.0 Å². The number of hydrogen-bond donors (Lipinski definition) is 4. The van der Waals surface area contributed by atoms with Crippen LogP contribution < -0.4 is 15.8 Å². The SMILES string of the molecule is COc1cc(-c2nnc(NC(N)=O)n2-c2cccc(F)c2F)c(O)cc1O. The summed E-state index contributed by atoms with van der Waals surface area (Å²) in [6.07, 6.45) is 0. The largest absolute Gasteiger partial charge is 0.507 e. The first kappa shape index (κ1) is 17.9. The maximum Gasteiger partial charge on any atom is 0.319 e. The molecule has 0 bridgehead atoms. The van der Waals surface area contributed by atoms with E-state index in [0.717, 1.165) is 16.7 Å². The van der Waals surface area contributed by atoms with Gasteiger partial charge in [0.05, 0.1) is 18.4 Å². The first-order valence-corrected chi connectivity index (χ1v) is 7.40. The molecular formula is C16H13F2N5O4. The summed E-state index contributed by atoms with van der Waals surface area (Å²) in [6, 6.07) is 4.55. The predicted molar refractivity (Wildman–Crippen MR) is 89.8 cm³/mol. The Morgan fingerprint density at radius 1 is 1.22 bits per heavy atom. The minimum Gasteiger partial charge on any atom is -0.507 e. The van der Waals surface area contributed by atoms with Gasteiger partial charge in [0.25, 0.3) is 0 Å². The van der Waals surface area contributed by atoms with Gasteiger partial charge in [-0.2, -0.15) is 0 Å².